The molecule has 0 bridgehead atoms. The number of rotatable bonds is 6. The smallest absolute Gasteiger partial charge is 0.229 e. The minimum atomic E-state index is -1.48. The molecule has 1 fully saturated rings. The van der Waals surface area contributed by atoms with Crippen LogP contribution < -0.4 is 9.47 Å². The van der Waals surface area contributed by atoms with Crippen LogP contribution in [0.3, 0.4) is 0 Å². The number of methoxy groups -OCH3 is 1. The van der Waals surface area contributed by atoms with Crippen molar-refractivity contribution >= 4 is 0 Å². The third-order valence-corrected chi connectivity index (χ3v) is 4.87. The molecule has 0 spiro atoms. The monoisotopic (exact) mass is 390 g/mol. The lowest BCUT2D eigenvalue weighted by Crippen LogP contribution is -2.60. The zero-order valence-electron chi connectivity index (χ0n) is 15.9. The molecule has 1 aliphatic heterocycles. The van der Waals surface area contributed by atoms with E-state index in [4.69, 9.17) is 14.2 Å². The highest BCUT2D eigenvalue weighted by atomic mass is 16.7. The van der Waals surface area contributed by atoms with Crippen LogP contribution in [0.2, 0.25) is 0 Å². The van der Waals surface area contributed by atoms with Crippen LogP contribution in [-0.2, 0) is 11.2 Å². The van der Waals surface area contributed by atoms with Gasteiger partial charge in [-0.05, 0) is 41.8 Å². The zero-order chi connectivity index (χ0) is 20.3. The van der Waals surface area contributed by atoms with E-state index in [2.05, 4.69) is 0 Å². The summed E-state index contributed by atoms with van der Waals surface area (Å²) in [6.45, 7) is 1.41. The predicted octanol–water partition coefficient (Wildman–Crippen LogP) is 0.773. The molecule has 1 saturated heterocycles. The summed E-state index contributed by atoms with van der Waals surface area (Å²) in [6, 6.07) is 13.4. The highest BCUT2D eigenvalue weighted by molar-refractivity contribution is 5.41. The topological polar surface area (TPSA) is 109 Å². The van der Waals surface area contributed by atoms with Crippen LogP contribution in [0.5, 0.6) is 11.5 Å². The van der Waals surface area contributed by atoms with Gasteiger partial charge in [0, 0.05) is 6.42 Å². The highest BCUT2D eigenvalue weighted by Gasteiger charge is 2.44. The van der Waals surface area contributed by atoms with Gasteiger partial charge >= 0.3 is 0 Å². The normalized spacial score (nSPS) is 27.4. The third-order valence-electron chi connectivity index (χ3n) is 4.87. The molecule has 0 radical (unpaired) electrons. The maximum Gasteiger partial charge on any atom is 0.229 e. The second-order valence-electron chi connectivity index (χ2n) is 6.95. The van der Waals surface area contributed by atoms with Crippen molar-refractivity contribution in [3.8, 4) is 11.5 Å². The molecule has 28 heavy (non-hydrogen) atoms. The Balaban J connectivity index is 1.82. The molecule has 7 heteroatoms. The average Bonchev–Trinajstić information content (AvgIpc) is 2.71. The number of aliphatic hydroxyl groups is 4. The standard InChI is InChI=1S/C21H26O7/c1-12-3-6-14(10-13-4-7-15(26-2)8-5-13)16(9-12)27-21-20(25)19(24)18(23)17(11-22)28-21/h3-9,17-25H,10-11H2,1-2H3/t17-,18-,19+,20-,21-/m1/s1. The number of aliphatic hydroxyl groups excluding tert-OH is 4. The van der Waals surface area contributed by atoms with Crippen molar-refractivity contribution in [2.24, 2.45) is 0 Å². The number of ether oxygens (including phenoxy) is 3. The van der Waals surface area contributed by atoms with Gasteiger partial charge in [0.15, 0.2) is 0 Å². The molecular weight excluding hydrogens is 364 g/mol. The highest BCUT2D eigenvalue weighted by Crippen LogP contribution is 2.29. The van der Waals surface area contributed by atoms with E-state index in [9.17, 15) is 20.4 Å². The van der Waals surface area contributed by atoms with Gasteiger partial charge in [-0.3, -0.25) is 0 Å². The Morgan fingerprint density at radius 3 is 2.32 bits per heavy atom. The van der Waals surface area contributed by atoms with E-state index >= 15 is 0 Å². The molecule has 5 atom stereocenters. The van der Waals surface area contributed by atoms with E-state index in [-0.39, 0.29) is 0 Å². The Hall–Kier alpha value is -2.16. The fourth-order valence-electron chi connectivity index (χ4n) is 3.17. The number of benzene rings is 2. The minimum absolute atomic E-state index is 0.500. The van der Waals surface area contributed by atoms with Crippen molar-refractivity contribution in [1.29, 1.82) is 0 Å². The molecule has 2 aromatic rings. The third kappa shape index (κ3) is 4.45. The fourth-order valence-corrected chi connectivity index (χ4v) is 3.17. The summed E-state index contributed by atoms with van der Waals surface area (Å²) < 4.78 is 16.5. The molecule has 3 rings (SSSR count). The first-order chi connectivity index (χ1) is 13.4. The Labute approximate surface area is 163 Å². The molecule has 7 nitrogen and oxygen atoms in total. The van der Waals surface area contributed by atoms with Gasteiger partial charge in [-0.2, -0.15) is 0 Å². The van der Waals surface area contributed by atoms with Gasteiger partial charge in [-0.15, -0.1) is 0 Å². The Morgan fingerprint density at radius 2 is 1.68 bits per heavy atom. The molecule has 2 aromatic carbocycles. The molecule has 4 N–H and O–H groups in total. The van der Waals surface area contributed by atoms with E-state index in [0.29, 0.717) is 12.2 Å². The lowest BCUT2D eigenvalue weighted by atomic mass is 9.99. The van der Waals surface area contributed by atoms with Crippen molar-refractivity contribution in [3.05, 3.63) is 59.2 Å². The molecule has 1 aliphatic rings. The number of aryl methyl sites for hydroxylation is 1. The summed E-state index contributed by atoms with van der Waals surface area (Å²) in [5.74, 6) is 1.27. The average molecular weight is 390 g/mol. The summed E-state index contributed by atoms with van der Waals surface area (Å²) >= 11 is 0. The lowest BCUT2D eigenvalue weighted by molar-refractivity contribution is -0.277. The van der Waals surface area contributed by atoms with Gasteiger partial charge in [-0.25, -0.2) is 0 Å². The van der Waals surface area contributed by atoms with Crippen molar-refractivity contribution in [2.75, 3.05) is 13.7 Å². The maximum absolute atomic E-state index is 10.2. The van der Waals surface area contributed by atoms with E-state index in [0.717, 1.165) is 22.4 Å². The lowest BCUT2D eigenvalue weighted by Gasteiger charge is -2.39. The van der Waals surface area contributed by atoms with Crippen LogP contribution >= 0.6 is 0 Å². The molecule has 152 valence electrons. The molecule has 0 unspecified atom stereocenters. The summed E-state index contributed by atoms with van der Waals surface area (Å²) in [4.78, 5) is 0. The number of hydrogen-bond acceptors (Lipinski definition) is 7. The summed E-state index contributed by atoms with van der Waals surface area (Å²) in [5, 5.41) is 39.5. The number of hydrogen-bond donors (Lipinski definition) is 4. The first-order valence-electron chi connectivity index (χ1n) is 9.12. The van der Waals surface area contributed by atoms with Crippen molar-refractivity contribution in [1.82, 2.24) is 0 Å². The first-order valence-corrected chi connectivity index (χ1v) is 9.12. The zero-order valence-corrected chi connectivity index (χ0v) is 15.9. The largest absolute Gasteiger partial charge is 0.497 e. The van der Waals surface area contributed by atoms with Crippen LogP contribution in [0.15, 0.2) is 42.5 Å². The summed E-state index contributed by atoms with van der Waals surface area (Å²) in [6.07, 6.45) is -6.00. The van der Waals surface area contributed by atoms with E-state index in [1.807, 2.05) is 49.4 Å². The molecular formula is C21H26O7. The second kappa shape index (κ2) is 8.89. The maximum atomic E-state index is 10.2. The predicted molar refractivity (Wildman–Crippen MR) is 101 cm³/mol. The van der Waals surface area contributed by atoms with Gasteiger partial charge in [0.25, 0.3) is 0 Å². The van der Waals surface area contributed by atoms with Gasteiger partial charge in [-0.1, -0.05) is 24.3 Å². The van der Waals surface area contributed by atoms with E-state index < -0.39 is 37.3 Å². The SMILES string of the molecule is COc1ccc(Cc2ccc(C)cc2O[C@@H]2O[C@H](CO)[C@@H](O)[C@H](O)[C@H]2O)cc1. The summed E-state index contributed by atoms with van der Waals surface area (Å²) in [7, 11) is 1.61. The molecule has 0 saturated carbocycles. The molecule has 0 aromatic heterocycles. The molecule has 1 heterocycles. The first kappa shape index (κ1) is 20.6. The van der Waals surface area contributed by atoms with Gasteiger partial charge in [0.2, 0.25) is 6.29 Å². The minimum Gasteiger partial charge on any atom is -0.497 e. The van der Waals surface area contributed by atoms with Gasteiger partial charge < -0.3 is 34.6 Å². The van der Waals surface area contributed by atoms with Crippen molar-refractivity contribution in [3.63, 3.8) is 0 Å². The Kier molecular flexibility index (Phi) is 6.53. The van der Waals surface area contributed by atoms with Crippen LogP contribution in [0.1, 0.15) is 16.7 Å². The molecule has 0 amide bonds. The fraction of sp³-hybridized carbons (Fsp3) is 0.429. The van der Waals surface area contributed by atoms with Gasteiger partial charge in [0.1, 0.15) is 35.9 Å². The van der Waals surface area contributed by atoms with Gasteiger partial charge in [0.05, 0.1) is 13.7 Å². The van der Waals surface area contributed by atoms with E-state index in [1.54, 1.807) is 7.11 Å². The Bertz CT molecular complexity index is 775. The van der Waals surface area contributed by atoms with E-state index in [1.165, 1.54) is 0 Å². The van der Waals surface area contributed by atoms with Crippen LogP contribution in [0.25, 0.3) is 0 Å². The molecule has 0 aliphatic carbocycles. The van der Waals surface area contributed by atoms with Crippen molar-refractivity contribution < 1.29 is 34.6 Å². The summed E-state index contributed by atoms with van der Waals surface area (Å²) in [5.41, 5.74) is 2.87. The van der Waals surface area contributed by atoms with Crippen LogP contribution in [0, 0.1) is 6.92 Å². The van der Waals surface area contributed by atoms with Crippen LogP contribution in [0.4, 0.5) is 0 Å². The Morgan fingerprint density at radius 1 is 0.964 bits per heavy atom. The van der Waals surface area contributed by atoms with Crippen LogP contribution in [-0.4, -0.2) is 64.8 Å². The van der Waals surface area contributed by atoms with Crippen molar-refractivity contribution in [2.45, 2.75) is 44.1 Å². The quantitative estimate of drug-likeness (QED) is 0.577. The second-order valence-corrected chi connectivity index (χ2v) is 6.95.